The number of aromatic nitrogens is 2. The monoisotopic (exact) mass is 348 g/mol. The number of carbonyl (C=O) groups excluding carboxylic acids is 2. The second-order valence-corrected chi connectivity index (χ2v) is 4.82. The molecule has 0 aliphatic carbocycles. The van der Waals surface area contributed by atoms with Crippen molar-refractivity contribution in [2.45, 2.75) is 0 Å². The summed E-state index contributed by atoms with van der Waals surface area (Å²) in [5, 5.41) is 1.02. The highest BCUT2D eigenvalue weighted by molar-refractivity contribution is 9.10. The van der Waals surface area contributed by atoms with Crippen LogP contribution in [0.1, 0.15) is 16.1 Å². The lowest BCUT2D eigenvalue weighted by Gasteiger charge is -2.18. The largest absolute Gasteiger partial charge is 0.382 e. The van der Waals surface area contributed by atoms with Crippen LogP contribution in [0.3, 0.4) is 0 Å². The zero-order chi connectivity index (χ0) is 15.4. The molecule has 0 saturated carbocycles. The molecule has 0 aliphatic rings. The summed E-state index contributed by atoms with van der Waals surface area (Å²) in [5.74, 6) is -0.679. The van der Waals surface area contributed by atoms with E-state index < -0.39 is 5.91 Å². The second-order valence-electron chi connectivity index (χ2n) is 4.01. The number of rotatable bonds is 4. The summed E-state index contributed by atoms with van der Waals surface area (Å²) >= 11 is 3.10. The summed E-state index contributed by atoms with van der Waals surface area (Å²) in [6, 6.07) is 6.72. The fourth-order valence-electron chi connectivity index (χ4n) is 1.51. The van der Waals surface area contributed by atoms with Crippen molar-refractivity contribution in [3.05, 3.63) is 53.2 Å². The van der Waals surface area contributed by atoms with Crippen molar-refractivity contribution in [2.75, 3.05) is 10.7 Å². The lowest BCUT2D eigenvalue weighted by Crippen LogP contribution is -2.42. The number of halogens is 1. The van der Waals surface area contributed by atoms with E-state index in [1.54, 1.807) is 24.3 Å². The molecule has 0 unspecified atom stereocenters. The highest BCUT2D eigenvalue weighted by atomic mass is 79.9. The van der Waals surface area contributed by atoms with E-state index in [-0.39, 0.29) is 11.5 Å². The normalized spacial score (nSPS) is 10.0. The third-order valence-corrected chi connectivity index (χ3v) is 2.91. The topological polar surface area (TPSA) is 101 Å². The molecule has 7 nitrogen and oxygen atoms in total. The van der Waals surface area contributed by atoms with Gasteiger partial charge in [-0.3, -0.25) is 15.0 Å². The van der Waals surface area contributed by atoms with Crippen molar-refractivity contribution in [1.82, 2.24) is 15.4 Å². The number of nitrogens with two attached hydrogens (primary N) is 1. The second kappa shape index (κ2) is 6.31. The SMILES string of the molecule is [CH2]c1ccc(N(C=O)NC(=O)c2nc(Br)cnc2N)cc1. The molecular weight excluding hydrogens is 338 g/mol. The first-order valence-electron chi connectivity index (χ1n) is 5.77. The summed E-state index contributed by atoms with van der Waals surface area (Å²) in [6.07, 6.45) is 1.84. The van der Waals surface area contributed by atoms with Crippen LogP contribution in [0, 0.1) is 6.92 Å². The van der Waals surface area contributed by atoms with Crippen molar-refractivity contribution in [1.29, 1.82) is 0 Å². The molecule has 8 heteroatoms. The maximum absolute atomic E-state index is 12.1. The van der Waals surface area contributed by atoms with Gasteiger partial charge in [-0.25, -0.2) is 15.0 Å². The molecule has 2 amide bonds. The van der Waals surface area contributed by atoms with Crippen LogP contribution in [0.25, 0.3) is 0 Å². The van der Waals surface area contributed by atoms with Gasteiger partial charge in [0.2, 0.25) is 6.41 Å². The number of carbonyl (C=O) groups is 2. The summed E-state index contributed by atoms with van der Waals surface area (Å²) in [4.78, 5) is 31.0. The summed E-state index contributed by atoms with van der Waals surface area (Å²) in [7, 11) is 0. The third kappa shape index (κ3) is 3.54. The Morgan fingerprint density at radius 1 is 1.38 bits per heavy atom. The van der Waals surface area contributed by atoms with Crippen molar-refractivity contribution in [2.24, 2.45) is 0 Å². The first kappa shape index (κ1) is 14.9. The van der Waals surface area contributed by atoms with Crippen LogP contribution in [0.5, 0.6) is 0 Å². The Morgan fingerprint density at radius 2 is 2.05 bits per heavy atom. The highest BCUT2D eigenvalue weighted by Gasteiger charge is 2.16. The Kier molecular flexibility index (Phi) is 4.49. The van der Waals surface area contributed by atoms with Crippen LogP contribution >= 0.6 is 15.9 Å². The van der Waals surface area contributed by atoms with E-state index in [2.05, 4.69) is 38.2 Å². The van der Waals surface area contributed by atoms with Gasteiger partial charge in [0, 0.05) is 0 Å². The smallest absolute Gasteiger partial charge is 0.292 e. The van der Waals surface area contributed by atoms with Gasteiger partial charge in [-0.1, -0.05) is 12.1 Å². The molecule has 107 valence electrons. The quantitative estimate of drug-likeness (QED) is 0.640. The zero-order valence-electron chi connectivity index (χ0n) is 10.8. The minimum Gasteiger partial charge on any atom is -0.382 e. The Labute approximate surface area is 129 Å². The first-order valence-corrected chi connectivity index (χ1v) is 6.56. The molecule has 1 aromatic heterocycles. The van der Waals surface area contributed by atoms with Crippen LogP contribution in [0.4, 0.5) is 11.5 Å². The number of anilines is 2. The Balaban J connectivity index is 2.22. The fourth-order valence-corrected chi connectivity index (χ4v) is 1.79. The molecule has 1 heterocycles. The number of nitrogen functional groups attached to an aromatic ring is 1. The fraction of sp³-hybridized carbons (Fsp3) is 0. The lowest BCUT2D eigenvalue weighted by molar-refractivity contribution is -0.107. The van der Waals surface area contributed by atoms with Gasteiger partial charge in [0.1, 0.15) is 4.60 Å². The van der Waals surface area contributed by atoms with Crippen LogP contribution in [0.2, 0.25) is 0 Å². The number of hydrogen-bond donors (Lipinski definition) is 2. The minimum absolute atomic E-state index is 0.0327. The molecule has 1 aromatic carbocycles. The van der Waals surface area contributed by atoms with Gasteiger partial charge in [0.15, 0.2) is 11.5 Å². The van der Waals surface area contributed by atoms with E-state index in [1.165, 1.54) is 6.20 Å². The highest BCUT2D eigenvalue weighted by Crippen LogP contribution is 2.14. The van der Waals surface area contributed by atoms with Crippen molar-refractivity contribution in [3.8, 4) is 0 Å². The number of amides is 2. The molecule has 3 N–H and O–H groups in total. The molecule has 1 radical (unpaired) electrons. The van der Waals surface area contributed by atoms with E-state index in [4.69, 9.17) is 5.73 Å². The summed E-state index contributed by atoms with van der Waals surface area (Å²) < 4.78 is 0.362. The molecule has 2 rings (SSSR count). The number of nitrogens with one attached hydrogen (secondary N) is 1. The number of benzene rings is 1. The molecule has 0 aliphatic heterocycles. The Morgan fingerprint density at radius 3 is 2.67 bits per heavy atom. The van der Waals surface area contributed by atoms with Gasteiger partial charge in [0.05, 0.1) is 11.9 Å². The van der Waals surface area contributed by atoms with Gasteiger partial charge in [-0.05, 0) is 40.5 Å². The molecule has 0 bridgehead atoms. The van der Waals surface area contributed by atoms with E-state index in [0.717, 1.165) is 10.6 Å². The van der Waals surface area contributed by atoms with Crippen molar-refractivity contribution >= 4 is 39.8 Å². The predicted molar refractivity (Wildman–Crippen MR) is 81.1 cm³/mol. The molecule has 21 heavy (non-hydrogen) atoms. The van der Waals surface area contributed by atoms with Gasteiger partial charge < -0.3 is 5.73 Å². The third-order valence-electron chi connectivity index (χ3n) is 2.53. The van der Waals surface area contributed by atoms with Gasteiger partial charge >= 0.3 is 0 Å². The minimum atomic E-state index is -0.646. The average Bonchev–Trinajstić information content (AvgIpc) is 2.48. The van der Waals surface area contributed by atoms with Crippen LogP contribution < -0.4 is 16.2 Å². The van der Waals surface area contributed by atoms with Gasteiger partial charge in [-0.15, -0.1) is 0 Å². The Hall–Kier alpha value is -2.48. The Bertz CT molecular complexity index is 675. The van der Waals surface area contributed by atoms with E-state index >= 15 is 0 Å². The van der Waals surface area contributed by atoms with Crippen LogP contribution in [0.15, 0.2) is 35.1 Å². The molecule has 0 spiro atoms. The van der Waals surface area contributed by atoms with Crippen molar-refractivity contribution in [3.63, 3.8) is 0 Å². The van der Waals surface area contributed by atoms with E-state index in [1.807, 2.05) is 0 Å². The molecule has 2 aromatic rings. The standard InChI is InChI=1S/C13H11BrN5O2/c1-8-2-4-9(5-3-8)19(7-20)18-13(21)11-12(15)16-6-10(14)17-11/h2-7H,1H2,(H2,15,16)(H,18,21). The van der Waals surface area contributed by atoms with Gasteiger partial charge in [0.25, 0.3) is 5.91 Å². The number of nitrogens with zero attached hydrogens (tertiary/aromatic N) is 3. The first-order chi connectivity index (χ1) is 10.0. The average molecular weight is 349 g/mol. The maximum atomic E-state index is 12.1. The molecule has 0 atom stereocenters. The van der Waals surface area contributed by atoms with E-state index in [9.17, 15) is 9.59 Å². The summed E-state index contributed by atoms with van der Waals surface area (Å²) in [6.45, 7) is 3.74. The zero-order valence-corrected chi connectivity index (χ0v) is 12.4. The molecule has 0 saturated heterocycles. The maximum Gasteiger partial charge on any atom is 0.292 e. The predicted octanol–water partition coefficient (Wildman–Crippen LogP) is 1.31. The number of hydrogen-bond acceptors (Lipinski definition) is 5. The van der Waals surface area contributed by atoms with Crippen LogP contribution in [-0.2, 0) is 4.79 Å². The van der Waals surface area contributed by atoms with Gasteiger partial charge in [-0.2, -0.15) is 0 Å². The van der Waals surface area contributed by atoms with Crippen LogP contribution in [-0.4, -0.2) is 22.3 Å². The lowest BCUT2D eigenvalue weighted by atomic mass is 10.2. The number of hydrazine groups is 1. The van der Waals surface area contributed by atoms with Crippen molar-refractivity contribution < 1.29 is 9.59 Å². The molecule has 0 fully saturated rings. The summed E-state index contributed by atoms with van der Waals surface area (Å²) in [5.41, 5.74) is 9.18. The van der Waals surface area contributed by atoms with E-state index in [0.29, 0.717) is 16.7 Å². The molecular formula is C13H11BrN5O2.